The Morgan fingerprint density at radius 1 is 1.01 bits per heavy atom. The first-order valence-electron chi connectivity index (χ1n) is 23.3. The molecule has 5 heterocycles. The summed E-state index contributed by atoms with van der Waals surface area (Å²) < 4.78 is 23.6. The molecule has 19 heteroatoms. The number of carbonyl (C=O) groups excluding carboxylic acids is 3. The fraction of sp³-hybridized carbons (Fsp3) is 0.490. The molecular formula is C51H68N6O12S. The number of amides is 1. The minimum absolute atomic E-state index is 0.0559. The number of aromatic nitrogens is 1. The van der Waals surface area contributed by atoms with Crippen LogP contribution in [0, 0.1) is 30.6 Å². The summed E-state index contributed by atoms with van der Waals surface area (Å²) in [5, 5.41) is 66.8. The number of likely N-dealkylation sites (N-methyl/N-ethyl adjacent to an activating group) is 1. The quantitative estimate of drug-likeness (QED) is 0.0520. The van der Waals surface area contributed by atoms with Gasteiger partial charge in [0.25, 0.3) is 11.7 Å². The van der Waals surface area contributed by atoms with E-state index < -0.39 is 88.8 Å². The van der Waals surface area contributed by atoms with Crippen molar-refractivity contribution in [3.63, 3.8) is 0 Å². The molecule has 7 rings (SSSR count). The van der Waals surface area contributed by atoms with Crippen LogP contribution in [-0.4, -0.2) is 140 Å². The van der Waals surface area contributed by atoms with E-state index in [4.69, 9.17) is 36.9 Å². The van der Waals surface area contributed by atoms with Crippen molar-refractivity contribution in [3.05, 3.63) is 82.4 Å². The molecule has 0 aliphatic carbocycles. The molecule has 9 atom stereocenters. The fourth-order valence-corrected chi connectivity index (χ4v) is 8.88. The van der Waals surface area contributed by atoms with Gasteiger partial charge in [0.1, 0.15) is 28.3 Å². The molecular weight excluding hydrogens is 921 g/mol. The van der Waals surface area contributed by atoms with Crippen LogP contribution in [0.3, 0.4) is 0 Å². The van der Waals surface area contributed by atoms with Crippen molar-refractivity contribution < 1.29 is 58.9 Å². The number of carbonyl (C=O) groups is 3. The number of phenolic OH excluding ortho intramolecular Hbond substituents is 3. The Morgan fingerprint density at radius 2 is 1.69 bits per heavy atom. The summed E-state index contributed by atoms with van der Waals surface area (Å²) in [4.78, 5) is 47.2. The zero-order chi connectivity index (χ0) is 51.9. The number of aliphatic hydroxyl groups is 2. The van der Waals surface area contributed by atoms with Crippen molar-refractivity contribution in [1.29, 1.82) is 0 Å². The van der Waals surface area contributed by atoms with Gasteiger partial charge < -0.3 is 60.4 Å². The number of nitrogens with two attached hydrogens (primary N) is 1. The third-order valence-corrected chi connectivity index (χ3v) is 13.6. The number of piperazine rings is 1. The van der Waals surface area contributed by atoms with E-state index in [-0.39, 0.29) is 44.5 Å². The number of ketones is 1. The molecule has 1 fully saturated rings. The predicted molar refractivity (Wildman–Crippen MR) is 270 cm³/mol. The molecule has 5 bridgehead atoms. The lowest BCUT2D eigenvalue weighted by molar-refractivity contribution is -0.160. The van der Waals surface area contributed by atoms with Gasteiger partial charge in [-0.1, -0.05) is 65.1 Å². The smallest absolute Gasteiger partial charge is 0.312 e. The minimum atomic E-state index is -2.04. The topological polar surface area (TPSA) is 259 Å². The molecule has 0 radical (unpaired) electrons. The number of Topliss-reactive ketones (excluding diaryl/α,β-unsaturated/α-hetero) is 1. The van der Waals surface area contributed by atoms with E-state index in [0.29, 0.717) is 18.1 Å². The molecule has 0 spiro atoms. The molecule has 1 saturated heterocycles. The second kappa shape index (κ2) is 23.2. The zero-order valence-electron chi connectivity index (χ0n) is 41.7. The minimum Gasteiger partial charge on any atom is -0.507 e. The molecule has 4 aliphatic rings. The van der Waals surface area contributed by atoms with E-state index >= 15 is 0 Å². The molecule has 0 unspecified atom stereocenters. The van der Waals surface area contributed by atoms with E-state index in [1.165, 1.54) is 59.4 Å². The third-order valence-electron chi connectivity index (χ3n) is 13.3. The number of nitrogens with zero attached hydrogens (tertiary/aromatic N) is 4. The van der Waals surface area contributed by atoms with E-state index in [1.807, 2.05) is 26.1 Å². The second-order valence-corrected chi connectivity index (χ2v) is 18.8. The Labute approximate surface area is 414 Å². The second-order valence-electron chi connectivity index (χ2n) is 18.4. The molecule has 8 N–H and O–H groups in total. The lowest BCUT2D eigenvalue weighted by Crippen LogP contribution is -2.46. The van der Waals surface area contributed by atoms with Crippen LogP contribution in [0.15, 0.2) is 59.6 Å². The third kappa shape index (κ3) is 11.9. The van der Waals surface area contributed by atoms with Crippen molar-refractivity contribution in [2.45, 2.75) is 98.9 Å². The fourth-order valence-electron chi connectivity index (χ4n) is 8.75. The maximum Gasteiger partial charge on any atom is 0.312 e. The number of aromatic hydroxyl groups is 3. The summed E-state index contributed by atoms with van der Waals surface area (Å²) in [5.74, 6) is -8.34. The number of pyridine rings is 1. The van der Waals surface area contributed by atoms with Crippen LogP contribution < -0.4 is 15.8 Å². The van der Waals surface area contributed by atoms with Gasteiger partial charge in [0.2, 0.25) is 0 Å². The highest BCUT2D eigenvalue weighted by Crippen LogP contribution is 2.55. The van der Waals surface area contributed by atoms with Gasteiger partial charge in [0.15, 0.2) is 5.75 Å². The number of hydrogen-bond donors (Lipinski definition) is 7. The van der Waals surface area contributed by atoms with E-state index in [9.17, 15) is 39.9 Å². The lowest BCUT2D eigenvalue weighted by atomic mass is 9.78. The first-order valence-corrected chi connectivity index (χ1v) is 23.7. The van der Waals surface area contributed by atoms with Crippen molar-refractivity contribution in [3.8, 4) is 23.0 Å². The van der Waals surface area contributed by atoms with Crippen molar-refractivity contribution in [1.82, 2.24) is 14.9 Å². The molecule has 3 aromatic rings. The Balaban J connectivity index is 0.000000729. The summed E-state index contributed by atoms with van der Waals surface area (Å²) in [7, 11) is 3.42. The lowest BCUT2D eigenvalue weighted by Gasteiger charge is -2.38. The first-order chi connectivity index (χ1) is 33.0. The number of aliphatic hydroxyl groups excluding tert-OH is 2. The summed E-state index contributed by atoms with van der Waals surface area (Å²) in [6.07, 6.45) is 7.50. The first kappa shape index (κ1) is 54.8. The maximum atomic E-state index is 14.4. The number of methoxy groups -OCH3 is 1. The average molecular weight is 989 g/mol. The highest BCUT2D eigenvalue weighted by Gasteiger charge is 2.50. The Hall–Kier alpha value is -6.12. The summed E-state index contributed by atoms with van der Waals surface area (Å²) >= 11 is 4.82. The van der Waals surface area contributed by atoms with Crippen LogP contribution in [0.2, 0.25) is 0 Å². The number of hydrogen-bond acceptors (Lipinski definition) is 17. The van der Waals surface area contributed by atoms with Crippen molar-refractivity contribution in [2.24, 2.45) is 34.5 Å². The van der Waals surface area contributed by atoms with Gasteiger partial charge in [-0.25, -0.2) is 0 Å². The SMILES string of the molecule is CCc1cc(C(N)=S)ccn1.CO[C@H]1/C=C/O[C@@]2(C)Oc3c(C)c(O)c4c(O)c(c(/C=N\N5CCN(C)CC5)c(O)c4c3C2=O)NC(=O)/C(C)=C\C=C\[C@@H](C)[C@H](O)[C@@H](C)[C@H](O)[C@@H](C)[C@H](OC(C)=O)[C@@H]1C. The molecule has 0 saturated carbocycles. The molecule has 2 aromatic carbocycles. The van der Waals surface area contributed by atoms with Crippen LogP contribution in [0.4, 0.5) is 5.69 Å². The van der Waals surface area contributed by atoms with E-state index in [1.54, 1.807) is 51.1 Å². The Kier molecular flexibility index (Phi) is 18.2. The monoisotopic (exact) mass is 988 g/mol. The highest BCUT2D eigenvalue weighted by atomic mass is 32.1. The largest absolute Gasteiger partial charge is 0.507 e. The van der Waals surface area contributed by atoms with Crippen LogP contribution in [0.5, 0.6) is 23.0 Å². The number of esters is 1. The molecule has 1 aromatic heterocycles. The summed E-state index contributed by atoms with van der Waals surface area (Å²) in [6.45, 7) is 17.1. The number of phenols is 3. The van der Waals surface area contributed by atoms with Gasteiger partial charge >= 0.3 is 11.8 Å². The summed E-state index contributed by atoms with van der Waals surface area (Å²) in [6, 6.07) is 3.74. The summed E-state index contributed by atoms with van der Waals surface area (Å²) in [5.41, 5.74) is 7.01. The van der Waals surface area contributed by atoms with Gasteiger partial charge in [0.05, 0.1) is 53.0 Å². The number of anilines is 1. The Bertz CT molecular complexity index is 2570. The van der Waals surface area contributed by atoms with Gasteiger partial charge in [-0.3, -0.25) is 24.4 Å². The molecule has 1 amide bonds. The molecule has 70 heavy (non-hydrogen) atoms. The number of aryl methyl sites for hydroxylation is 1. The van der Waals surface area contributed by atoms with Crippen LogP contribution in [0.25, 0.3) is 10.8 Å². The van der Waals surface area contributed by atoms with Crippen molar-refractivity contribution in [2.75, 3.05) is 45.7 Å². The predicted octanol–water partition coefficient (Wildman–Crippen LogP) is 5.61. The van der Waals surface area contributed by atoms with Crippen molar-refractivity contribution >= 4 is 57.5 Å². The number of thiocarbonyl (C=S) groups is 1. The van der Waals surface area contributed by atoms with Crippen LogP contribution in [0.1, 0.15) is 88.1 Å². The number of ether oxygens (including phenoxy) is 4. The standard InChI is InChI=1S/C43H58N4O12.C8H10N2S/c1-21-12-11-13-22(2)42(55)45-33-28(20-44-47-17-15-46(9)16-18-47)37(52)30-31(38(33)53)36(51)26(6)40-32(30)41(54)43(8,59-40)57-19-14-29(56-10)23(3)39(58-27(7)48)25(5)35(50)24(4)34(21)49;1-2-7-5-6(8(9)11)3-4-10-7/h11-14,19-21,23-25,29,34-35,39,49-53H,15-18H2,1-10H3,(H,45,55);3-5H,2H2,1H3,(H2,9,11)/b12-11+,19-14+,22-13-,44-20-;/t21-,23-,24-,25-,29+,34+,35+,39-,43+;/m1./s1. The zero-order valence-corrected chi connectivity index (χ0v) is 42.5. The number of fused-ring (bicyclic) bond motifs is 14. The van der Waals surface area contributed by atoms with E-state index in [2.05, 4.69) is 20.3 Å². The number of nitrogens with one attached hydrogen (secondary N) is 1. The normalized spacial score (nSPS) is 28.5. The maximum absolute atomic E-state index is 14.4. The van der Waals surface area contributed by atoms with Gasteiger partial charge in [-0.2, -0.15) is 5.10 Å². The number of allylic oxidation sites excluding steroid dienone is 2. The number of benzene rings is 2. The van der Waals surface area contributed by atoms with Crippen LogP contribution in [-0.2, 0) is 30.2 Å². The van der Waals surface area contributed by atoms with Gasteiger partial charge in [0, 0.05) is 105 Å². The van der Waals surface area contributed by atoms with E-state index in [0.717, 1.165) is 30.8 Å². The molecule has 18 nitrogen and oxygen atoms in total. The average Bonchev–Trinajstić information content (AvgIpc) is 3.60. The number of hydrazone groups is 1. The van der Waals surface area contributed by atoms with Gasteiger partial charge in [-0.15, -0.1) is 0 Å². The molecule has 380 valence electrons. The van der Waals surface area contributed by atoms with Gasteiger partial charge in [-0.05, 0) is 45.5 Å². The highest BCUT2D eigenvalue weighted by molar-refractivity contribution is 7.80. The van der Waals surface area contributed by atoms with Crippen LogP contribution >= 0.6 is 12.2 Å². The number of rotatable bonds is 6. The molecule has 4 aliphatic heterocycles. The Morgan fingerprint density at radius 3 is 2.30 bits per heavy atom.